The summed E-state index contributed by atoms with van der Waals surface area (Å²) in [5.41, 5.74) is 4.99. The monoisotopic (exact) mass is 281 g/mol. The van der Waals surface area contributed by atoms with Gasteiger partial charge in [-0.15, -0.1) is 0 Å². The van der Waals surface area contributed by atoms with E-state index in [0.717, 1.165) is 13.0 Å². The van der Waals surface area contributed by atoms with Gasteiger partial charge < -0.3 is 9.69 Å². The SMILES string of the molecule is CC(=O)CCc1cccc(-c2cccc(CN(C)C)c2)c1. The van der Waals surface area contributed by atoms with Gasteiger partial charge in [-0.05, 0) is 55.8 Å². The van der Waals surface area contributed by atoms with Crippen LogP contribution in [0.15, 0.2) is 48.5 Å². The first-order valence-electron chi connectivity index (χ1n) is 7.37. The van der Waals surface area contributed by atoms with E-state index in [9.17, 15) is 4.79 Å². The predicted molar refractivity (Wildman–Crippen MR) is 88.3 cm³/mol. The zero-order valence-corrected chi connectivity index (χ0v) is 13.1. The van der Waals surface area contributed by atoms with Gasteiger partial charge in [0.25, 0.3) is 0 Å². The minimum atomic E-state index is 0.244. The molecular weight excluding hydrogens is 258 g/mol. The fraction of sp³-hybridized carbons (Fsp3) is 0.316. The Morgan fingerprint density at radius 1 is 0.952 bits per heavy atom. The molecule has 0 radical (unpaired) electrons. The Morgan fingerprint density at radius 3 is 2.10 bits per heavy atom. The van der Waals surface area contributed by atoms with Crippen LogP contribution in [0.5, 0.6) is 0 Å². The van der Waals surface area contributed by atoms with Crippen LogP contribution in [0.4, 0.5) is 0 Å². The smallest absolute Gasteiger partial charge is 0.130 e. The van der Waals surface area contributed by atoms with Crippen LogP contribution >= 0.6 is 0 Å². The zero-order chi connectivity index (χ0) is 15.2. The van der Waals surface area contributed by atoms with Gasteiger partial charge in [0.2, 0.25) is 0 Å². The standard InChI is InChI=1S/C19H23NO/c1-15(21)10-11-16-6-4-8-18(12-16)19-9-5-7-17(13-19)14-20(2)3/h4-9,12-13H,10-11,14H2,1-3H3. The topological polar surface area (TPSA) is 20.3 Å². The molecule has 0 saturated heterocycles. The van der Waals surface area contributed by atoms with E-state index in [4.69, 9.17) is 0 Å². The van der Waals surface area contributed by atoms with Crippen molar-refractivity contribution in [3.05, 3.63) is 59.7 Å². The molecule has 2 nitrogen and oxygen atoms in total. The van der Waals surface area contributed by atoms with E-state index in [2.05, 4.69) is 67.5 Å². The summed E-state index contributed by atoms with van der Waals surface area (Å²) in [5.74, 6) is 0.244. The van der Waals surface area contributed by atoms with Crippen LogP contribution in [0.2, 0.25) is 0 Å². The number of hydrogen-bond donors (Lipinski definition) is 0. The van der Waals surface area contributed by atoms with Crippen molar-refractivity contribution in [2.24, 2.45) is 0 Å². The number of aryl methyl sites for hydroxylation is 1. The molecule has 110 valence electrons. The summed E-state index contributed by atoms with van der Waals surface area (Å²) in [6, 6.07) is 17.1. The van der Waals surface area contributed by atoms with Crippen molar-refractivity contribution >= 4 is 5.78 Å². The first kappa shape index (κ1) is 15.5. The van der Waals surface area contributed by atoms with Crippen molar-refractivity contribution in [3.63, 3.8) is 0 Å². The molecule has 2 aromatic carbocycles. The van der Waals surface area contributed by atoms with Crippen molar-refractivity contribution in [1.29, 1.82) is 0 Å². The molecular formula is C19H23NO. The Hall–Kier alpha value is -1.93. The zero-order valence-electron chi connectivity index (χ0n) is 13.1. The quantitative estimate of drug-likeness (QED) is 0.799. The number of ketones is 1. The fourth-order valence-electron chi connectivity index (χ4n) is 2.44. The average molecular weight is 281 g/mol. The number of carbonyl (C=O) groups is 1. The lowest BCUT2D eigenvalue weighted by Gasteiger charge is -2.11. The molecule has 0 saturated carbocycles. The van der Waals surface area contributed by atoms with E-state index < -0.39 is 0 Å². The Bertz CT molecular complexity index is 616. The molecule has 0 unspecified atom stereocenters. The highest BCUT2D eigenvalue weighted by Crippen LogP contribution is 2.22. The second-order valence-electron chi connectivity index (χ2n) is 5.84. The number of carbonyl (C=O) groups excluding carboxylic acids is 1. The van der Waals surface area contributed by atoms with E-state index in [1.165, 1.54) is 22.3 Å². The molecule has 0 spiro atoms. The van der Waals surface area contributed by atoms with Crippen molar-refractivity contribution in [2.45, 2.75) is 26.3 Å². The summed E-state index contributed by atoms with van der Waals surface area (Å²) >= 11 is 0. The lowest BCUT2D eigenvalue weighted by atomic mass is 9.99. The van der Waals surface area contributed by atoms with E-state index in [1.54, 1.807) is 6.92 Å². The highest BCUT2D eigenvalue weighted by molar-refractivity contribution is 5.75. The third-order valence-electron chi connectivity index (χ3n) is 3.45. The first-order valence-corrected chi connectivity index (χ1v) is 7.37. The van der Waals surface area contributed by atoms with Gasteiger partial charge in [-0.3, -0.25) is 0 Å². The minimum Gasteiger partial charge on any atom is -0.305 e. The molecule has 0 amide bonds. The number of rotatable bonds is 6. The maximum absolute atomic E-state index is 11.1. The number of Topliss-reactive ketones (excluding diaryl/α,β-unsaturated/α-hetero) is 1. The van der Waals surface area contributed by atoms with Crippen LogP contribution in [0.1, 0.15) is 24.5 Å². The fourth-order valence-corrected chi connectivity index (χ4v) is 2.44. The predicted octanol–water partition coefficient (Wildman–Crippen LogP) is 3.94. The molecule has 0 fully saturated rings. The number of nitrogens with zero attached hydrogens (tertiary/aromatic N) is 1. The van der Waals surface area contributed by atoms with Crippen LogP contribution in [0, 0.1) is 0 Å². The molecule has 2 heteroatoms. The van der Waals surface area contributed by atoms with Crippen LogP contribution in [0.25, 0.3) is 11.1 Å². The molecule has 0 atom stereocenters. The summed E-state index contributed by atoms with van der Waals surface area (Å²) in [6.07, 6.45) is 1.44. The van der Waals surface area contributed by atoms with Gasteiger partial charge in [0.05, 0.1) is 0 Å². The van der Waals surface area contributed by atoms with Crippen molar-refractivity contribution in [2.75, 3.05) is 14.1 Å². The van der Waals surface area contributed by atoms with Gasteiger partial charge in [0, 0.05) is 13.0 Å². The molecule has 2 rings (SSSR count). The van der Waals surface area contributed by atoms with Crippen molar-refractivity contribution < 1.29 is 4.79 Å². The molecule has 0 aromatic heterocycles. The molecule has 0 aliphatic rings. The molecule has 0 N–H and O–H groups in total. The number of benzene rings is 2. The third-order valence-corrected chi connectivity index (χ3v) is 3.45. The molecule has 0 bridgehead atoms. The molecule has 21 heavy (non-hydrogen) atoms. The second-order valence-corrected chi connectivity index (χ2v) is 5.84. The van der Waals surface area contributed by atoms with Crippen molar-refractivity contribution in [3.8, 4) is 11.1 Å². The lowest BCUT2D eigenvalue weighted by molar-refractivity contribution is -0.116. The summed E-state index contributed by atoms with van der Waals surface area (Å²) in [4.78, 5) is 13.3. The van der Waals surface area contributed by atoms with Gasteiger partial charge in [-0.1, -0.05) is 42.5 Å². The molecule has 2 aromatic rings. The number of hydrogen-bond acceptors (Lipinski definition) is 2. The first-order chi connectivity index (χ1) is 10.0. The van der Waals surface area contributed by atoms with Crippen LogP contribution in [-0.2, 0) is 17.8 Å². The summed E-state index contributed by atoms with van der Waals surface area (Å²) < 4.78 is 0. The van der Waals surface area contributed by atoms with Gasteiger partial charge in [0.15, 0.2) is 0 Å². The van der Waals surface area contributed by atoms with Gasteiger partial charge in [0.1, 0.15) is 5.78 Å². The molecule has 0 aliphatic carbocycles. The summed E-state index contributed by atoms with van der Waals surface area (Å²) in [6.45, 7) is 2.59. The van der Waals surface area contributed by atoms with Crippen molar-refractivity contribution in [1.82, 2.24) is 4.90 Å². The van der Waals surface area contributed by atoms with Crippen LogP contribution in [0.3, 0.4) is 0 Å². The third kappa shape index (κ3) is 4.83. The minimum absolute atomic E-state index is 0.244. The Labute approximate surface area is 127 Å². The van der Waals surface area contributed by atoms with Gasteiger partial charge in [-0.2, -0.15) is 0 Å². The maximum atomic E-state index is 11.1. The molecule has 0 aliphatic heterocycles. The molecule has 0 heterocycles. The van der Waals surface area contributed by atoms with E-state index in [-0.39, 0.29) is 5.78 Å². The average Bonchev–Trinajstić information content (AvgIpc) is 2.45. The Morgan fingerprint density at radius 2 is 1.52 bits per heavy atom. The Balaban J connectivity index is 2.21. The Kier molecular flexibility index (Phi) is 5.29. The van der Waals surface area contributed by atoms with Crippen LogP contribution in [-0.4, -0.2) is 24.8 Å². The van der Waals surface area contributed by atoms with Gasteiger partial charge in [-0.25, -0.2) is 0 Å². The van der Waals surface area contributed by atoms with E-state index >= 15 is 0 Å². The van der Waals surface area contributed by atoms with E-state index in [0.29, 0.717) is 6.42 Å². The van der Waals surface area contributed by atoms with Gasteiger partial charge >= 0.3 is 0 Å². The highest BCUT2D eigenvalue weighted by Gasteiger charge is 2.03. The van der Waals surface area contributed by atoms with Crippen LogP contribution < -0.4 is 0 Å². The summed E-state index contributed by atoms with van der Waals surface area (Å²) in [7, 11) is 4.16. The second kappa shape index (κ2) is 7.19. The summed E-state index contributed by atoms with van der Waals surface area (Å²) in [5, 5.41) is 0. The largest absolute Gasteiger partial charge is 0.305 e. The highest BCUT2D eigenvalue weighted by atomic mass is 16.1. The lowest BCUT2D eigenvalue weighted by Crippen LogP contribution is -2.10. The maximum Gasteiger partial charge on any atom is 0.130 e. The van der Waals surface area contributed by atoms with E-state index in [1.807, 2.05) is 0 Å². The normalized spacial score (nSPS) is 10.9.